The lowest BCUT2D eigenvalue weighted by Crippen LogP contribution is -2.24. The van der Waals surface area contributed by atoms with E-state index in [1.54, 1.807) is 18.9 Å². The first-order valence-electron chi connectivity index (χ1n) is 6.30. The van der Waals surface area contributed by atoms with Gasteiger partial charge in [-0.3, -0.25) is 0 Å². The van der Waals surface area contributed by atoms with E-state index in [0.717, 1.165) is 16.1 Å². The maximum atomic E-state index is 9.84. The summed E-state index contributed by atoms with van der Waals surface area (Å²) >= 11 is 1.60. The standard InChI is InChI=1S/C14H23NO3S/c1-10-6-13(4-5-14(10)15)19-9-12(16)8-18-11(2)7-17-3/h4-6,11-12,16H,7-9,15H2,1-3H3. The first kappa shape index (κ1) is 16.3. The second kappa shape index (κ2) is 8.43. The van der Waals surface area contributed by atoms with Crippen LogP contribution in [0, 0.1) is 6.92 Å². The Kier molecular flexibility index (Phi) is 7.23. The van der Waals surface area contributed by atoms with Crippen molar-refractivity contribution in [3.8, 4) is 0 Å². The zero-order valence-corrected chi connectivity index (χ0v) is 12.6. The van der Waals surface area contributed by atoms with Gasteiger partial charge in [-0.15, -0.1) is 11.8 Å². The van der Waals surface area contributed by atoms with Crippen molar-refractivity contribution in [2.24, 2.45) is 0 Å². The average Bonchev–Trinajstić information content (AvgIpc) is 2.38. The highest BCUT2D eigenvalue weighted by atomic mass is 32.2. The van der Waals surface area contributed by atoms with E-state index < -0.39 is 6.10 Å². The monoisotopic (exact) mass is 285 g/mol. The number of hydrogen-bond donors (Lipinski definition) is 2. The number of hydrogen-bond acceptors (Lipinski definition) is 5. The molecule has 0 aromatic heterocycles. The quantitative estimate of drug-likeness (QED) is 0.565. The second-order valence-electron chi connectivity index (χ2n) is 4.58. The molecule has 0 aliphatic heterocycles. The van der Waals surface area contributed by atoms with Crippen LogP contribution in [-0.4, -0.2) is 43.4 Å². The Morgan fingerprint density at radius 2 is 2.11 bits per heavy atom. The van der Waals surface area contributed by atoms with E-state index in [0.29, 0.717) is 19.0 Å². The number of nitrogens with two attached hydrogens (primary N) is 1. The first-order valence-corrected chi connectivity index (χ1v) is 7.29. The van der Waals surface area contributed by atoms with Crippen LogP contribution in [0.2, 0.25) is 0 Å². The molecule has 0 spiro atoms. The smallest absolute Gasteiger partial charge is 0.0867 e. The van der Waals surface area contributed by atoms with Gasteiger partial charge in [-0.1, -0.05) is 0 Å². The molecule has 0 fully saturated rings. The predicted molar refractivity (Wildman–Crippen MR) is 79.6 cm³/mol. The summed E-state index contributed by atoms with van der Waals surface area (Å²) in [6, 6.07) is 5.89. The van der Waals surface area contributed by atoms with Gasteiger partial charge in [-0.05, 0) is 37.6 Å². The number of thioether (sulfide) groups is 1. The van der Waals surface area contributed by atoms with E-state index >= 15 is 0 Å². The molecule has 2 unspecified atom stereocenters. The molecule has 19 heavy (non-hydrogen) atoms. The molecule has 1 aromatic carbocycles. The van der Waals surface area contributed by atoms with Crippen molar-refractivity contribution in [3.05, 3.63) is 23.8 Å². The molecule has 2 atom stereocenters. The molecule has 1 aromatic rings. The SMILES string of the molecule is COCC(C)OCC(O)CSc1ccc(N)c(C)c1. The Morgan fingerprint density at radius 1 is 1.37 bits per heavy atom. The summed E-state index contributed by atoms with van der Waals surface area (Å²) in [6.45, 7) is 4.76. The van der Waals surface area contributed by atoms with Gasteiger partial charge < -0.3 is 20.3 Å². The lowest BCUT2D eigenvalue weighted by Gasteiger charge is -2.15. The minimum atomic E-state index is -0.484. The third kappa shape index (κ3) is 6.29. The Bertz CT molecular complexity index is 387. The summed E-state index contributed by atoms with van der Waals surface area (Å²) in [6.07, 6.45) is -0.481. The highest BCUT2D eigenvalue weighted by Gasteiger charge is 2.09. The van der Waals surface area contributed by atoms with Gasteiger partial charge in [0.05, 0.1) is 25.4 Å². The number of anilines is 1. The summed E-state index contributed by atoms with van der Waals surface area (Å²) in [4.78, 5) is 1.11. The molecule has 4 nitrogen and oxygen atoms in total. The van der Waals surface area contributed by atoms with Crippen molar-refractivity contribution >= 4 is 17.4 Å². The lowest BCUT2D eigenvalue weighted by molar-refractivity contribution is -0.0257. The summed E-state index contributed by atoms with van der Waals surface area (Å²) in [5, 5.41) is 9.84. The normalized spacial score (nSPS) is 14.3. The fourth-order valence-electron chi connectivity index (χ4n) is 1.54. The first-order chi connectivity index (χ1) is 9.02. The topological polar surface area (TPSA) is 64.7 Å². The number of rotatable bonds is 8. The van der Waals surface area contributed by atoms with Gasteiger partial charge in [0.1, 0.15) is 0 Å². The average molecular weight is 285 g/mol. The van der Waals surface area contributed by atoms with Crippen LogP contribution in [0.15, 0.2) is 23.1 Å². The van der Waals surface area contributed by atoms with Gasteiger partial charge >= 0.3 is 0 Å². The number of benzene rings is 1. The molecule has 3 N–H and O–H groups in total. The third-order valence-corrected chi connectivity index (χ3v) is 3.80. The number of aliphatic hydroxyl groups is 1. The third-order valence-electron chi connectivity index (χ3n) is 2.66. The van der Waals surface area contributed by atoms with Crippen LogP contribution >= 0.6 is 11.8 Å². The molecule has 0 aliphatic carbocycles. The van der Waals surface area contributed by atoms with Crippen LogP contribution in [0.25, 0.3) is 0 Å². The highest BCUT2D eigenvalue weighted by Crippen LogP contribution is 2.23. The van der Waals surface area contributed by atoms with Crippen LogP contribution in [-0.2, 0) is 9.47 Å². The maximum absolute atomic E-state index is 9.84. The Hall–Kier alpha value is -0.750. The molecule has 108 valence electrons. The molecule has 0 saturated carbocycles. The van der Waals surface area contributed by atoms with E-state index in [-0.39, 0.29) is 6.10 Å². The lowest BCUT2D eigenvalue weighted by atomic mass is 10.2. The van der Waals surface area contributed by atoms with E-state index in [9.17, 15) is 5.11 Å². The van der Waals surface area contributed by atoms with Crippen LogP contribution in [0.3, 0.4) is 0 Å². The number of ether oxygens (including phenoxy) is 2. The molecule has 0 aliphatic rings. The molecular formula is C14H23NO3S. The number of nitrogen functional groups attached to an aromatic ring is 1. The van der Waals surface area contributed by atoms with Crippen LogP contribution in [0.1, 0.15) is 12.5 Å². The molecular weight excluding hydrogens is 262 g/mol. The van der Waals surface area contributed by atoms with Gasteiger partial charge in [0, 0.05) is 23.4 Å². The molecule has 0 saturated heterocycles. The van der Waals surface area contributed by atoms with Gasteiger partial charge in [0.25, 0.3) is 0 Å². The van der Waals surface area contributed by atoms with E-state index in [1.807, 2.05) is 32.0 Å². The molecule has 0 heterocycles. The molecule has 0 bridgehead atoms. The largest absolute Gasteiger partial charge is 0.399 e. The van der Waals surface area contributed by atoms with Crippen LogP contribution in [0.4, 0.5) is 5.69 Å². The van der Waals surface area contributed by atoms with Crippen molar-refractivity contribution in [1.29, 1.82) is 0 Å². The highest BCUT2D eigenvalue weighted by molar-refractivity contribution is 7.99. The van der Waals surface area contributed by atoms with Gasteiger partial charge in [0.2, 0.25) is 0 Å². The second-order valence-corrected chi connectivity index (χ2v) is 5.68. The summed E-state index contributed by atoms with van der Waals surface area (Å²) in [5.74, 6) is 0.600. The molecule has 0 amide bonds. The van der Waals surface area contributed by atoms with Crippen LogP contribution in [0.5, 0.6) is 0 Å². The molecule has 5 heteroatoms. The van der Waals surface area contributed by atoms with Crippen molar-refractivity contribution in [1.82, 2.24) is 0 Å². The molecule has 1 rings (SSSR count). The Morgan fingerprint density at radius 3 is 2.74 bits per heavy atom. The zero-order valence-electron chi connectivity index (χ0n) is 11.8. The number of aliphatic hydroxyl groups excluding tert-OH is 1. The maximum Gasteiger partial charge on any atom is 0.0867 e. The van der Waals surface area contributed by atoms with Crippen molar-refractivity contribution < 1.29 is 14.6 Å². The molecule has 0 radical (unpaired) electrons. The fourth-order valence-corrected chi connectivity index (χ4v) is 2.44. The van der Waals surface area contributed by atoms with Crippen molar-refractivity contribution in [2.45, 2.75) is 31.0 Å². The number of aryl methyl sites for hydroxylation is 1. The van der Waals surface area contributed by atoms with Gasteiger partial charge in [0.15, 0.2) is 0 Å². The fraction of sp³-hybridized carbons (Fsp3) is 0.571. The van der Waals surface area contributed by atoms with E-state index in [1.165, 1.54) is 0 Å². The summed E-state index contributed by atoms with van der Waals surface area (Å²) in [5.41, 5.74) is 7.62. The number of methoxy groups -OCH3 is 1. The minimum Gasteiger partial charge on any atom is -0.399 e. The zero-order chi connectivity index (χ0) is 14.3. The van der Waals surface area contributed by atoms with E-state index in [4.69, 9.17) is 15.2 Å². The van der Waals surface area contributed by atoms with E-state index in [2.05, 4.69) is 0 Å². The van der Waals surface area contributed by atoms with Gasteiger partial charge in [-0.2, -0.15) is 0 Å². The van der Waals surface area contributed by atoms with Crippen LogP contribution < -0.4 is 5.73 Å². The summed E-state index contributed by atoms with van der Waals surface area (Å²) in [7, 11) is 1.63. The predicted octanol–water partition coefficient (Wildman–Crippen LogP) is 2.08. The van der Waals surface area contributed by atoms with Gasteiger partial charge in [-0.25, -0.2) is 0 Å². The van der Waals surface area contributed by atoms with Crippen molar-refractivity contribution in [2.75, 3.05) is 31.8 Å². The Labute approximate surface area is 119 Å². The Balaban J connectivity index is 2.29. The summed E-state index contributed by atoms with van der Waals surface area (Å²) < 4.78 is 10.4. The minimum absolute atomic E-state index is 0.00316. The van der Waals surface area contributed by atoms with Crippen molar-refractivity contribution in [3.63, 3.8) is 0 Å².